The van der Waals surface area contributed by atoms with Gasteiger partial charge in [0.1, 0.15) is 5.82 Å². The number of aliphatic carboxylic acids is 1. The van der Waals surface area contributed by atoms with Gasteiger partial charge in [0.2, 0.25) is 9.84 Å². The van der Waals surface area contributed by atoms with E-state index in [-0.39, 0.29) is 16.2 Å². The second kappa shape index (κ2) is 4.20. The minimum absolute atomic E-state index is 0.0259. The Labute approximate surface area is 104 Å². The molecule has 1 heterocycles. The molecule has 0 amide bonds. The summed E-state index contributed by atoms with van der Waals surface area (Å²) in [6.07, 6.45) is 1.32. The lowest BCUT2D eigenvalue weighted by molar-refractivity contribution is -0.141. The standard InChI is InChI=1S/C12H11FO4S/c1-7(12(14)15)4-10-5-8-2-3-9(13)6-11(8)18(10,16)17/h2-3,5-7H,4H2,1H3,(H,14,15). The number of hydrogen-bond donors (Lipinski definition) is 1. The number of carboxylic acids is 1. The fraction of sp³-hybridized carbons (Fsp3) is 0.250. The number of sulfone groups is 1. The van der Waals surface area contributed by atoms with E-state index in [1.165, 1.54) is 25.1 Å². The summed E-state index contributed by atoms with van der Waals surface area (Å²) in [4.78, 5) is 10.7. The van der Waals surface area contributed by atoms with Gasteiger partial charge >= 0.3 is 5.97 Å². The molecule has 96 valence electrons. The third kappa shape index (κ3) is 2.03. The molecule has 1 atom stereocenters. The molecule has 2 rings (SSSR count). The Balaban J connectivity index is 2.41. The molecule has 0 aromatic heterocycles. The molecule has 0 saturated heterocycles. The van der Waals surface area contributed by atoms with Gasteiger partial charge in [0.25, 0.3) is 0 Å². The smallest absolute Gasteiger partial charge is 0.306 e. The van der Waals surface area contributed by atoms with Gasteiger partial charge in [-0.15, -0.1) is 0 Å². The van der Waals surface area contributed by atoms with Gasteiger partial charge in [-0.05, 0) is 30.2 Å². The van der Waals surface area contributed by atoms with E-state index < -0.39 is 27.5 Å². The van der Waals surface area contributed by atoms with Crippen molar-refractivity contribution in [3.05, 3.63) is 34.5 Å². The average molecular weight is 270 g/mol. The Kier molecular flexibility index (Phi) is 2.98. The van der Waals surface area contributed by atoms with E-state index in [0.717, 1.165) is 6.07 Å². The monoisotopic (exact) mass is 270 g/mol. The summed E-state index contributed by atoms with van der Waals surface area (Å²) in [7, 11) is -3.74. The zero-order valence-corrected chi connectivity index (χ0v) is 10.4. The fourth-order valence-corrected chi connectivity index (χ4v) is 3.55. The van der Waals surface area contributed by atoms with Crippen LogP contribution in [-0.2, 0) is 14.6 Å². The van der Waals surface area contributed by atoms with Crippen molar-refractivity contribution in [3.8, 4) is 0 Å². The van der Waals surface area contributed by atoms with Gasteiger partial charge in [-0.3, -0.25) is 4.79 Å². The molecule has 1 aromatic rings. The average Bonchev–Trinajstić information content (AvgIpc) is 2.52. The molecule has 18 heavy (non-hydrogen) atoms. The van der Waals surface area contributed by atoms with Crippen molar-refractivity contribution in [2.45, 2.75) is 18.2 Å². The lowest BCUT2D eigenvalue weighted by atomic mass is 10.1. The number of fused-ring (bicyclic) bond motifs is 1. The van der Waals surface area contributed by atoms with Crippen LogP contribution in [0.4, 0.5) is 4.39 Å². The Morgan fingerprint density at radius 2 is 2.11 bits per heavy atom. The van der Waals surface area contributed by atoms with Crippen LogP contribution in [0.15, 0.2) is 28.0 Å². The fourth-order valence-electron chi connectivity index (χ4n) is 1.81. The maximum Gasteiger partial charge on any atom is 0.306 e. The number of rotatable bonds is 3. The Morgan fingerprint density at radius 3 is 2.72 bits per heavy atom. The largest absolute Gasteiger partial charge is 0.481 e. The van der Waals surface area contributed by atoms with Crippen LogP contribution in [-0.4, -0.2) is 19.5 Å². The summed E-state index contributed by atoms with van der Waals surface area (Å²) in [6, 6.07) is 3.51. The molecule has 0 spiro atoms. The van der Waals surface area contributed by atoms with Gasteiger partial charge in [0.15, 0.2) is 0 Å². The summed E-state index contributed by atoms with van der Waals surface area (Å²) in [6.45, 7) is 1.43. The van der Waals surface area contributed by atoms with Crippen LogP contribution in [0, 0.1) is 11.7 Å². The van der Waals surface area contributed by atoms with Gasteiger partial charge in [-0.2, -0.15) is 0 Å². The number of benzene rings is 1. The second-order valence-corrected chi connectivity index (χ2v) is 6.21. The Bertz CT molecular complexity index is 646. The van der Waals surface area contributed by atoms with Crippen molar-refractivity contribution >= 4 is 21.9 Å². The van der Waals surface area contributed by atoms with E-state index in [4.69, 9.17) is 5.11 Å². The SMILES string of the molecule is CC(CC1=Cc2ccc(F)cc2S1(=O)=O)C(=O)O. The molecule has 0 aliphatic carbocycles. The van der Waals surface area contributed by atoms with Crippen LogP contribution in [0.3, 0.4) is 0 Å². The molecule has 0 fully saturated rings. The van der Waals surface area contributed by atoms with Crippen LogP contribution in [0.2, 0.25) is 0 Å². The van der Waals surface area contributed by atoms with E-state index in [9.17, 15) is 17.6 Å². The predicted molar refractivity (Wildman–Crippen MR) is 63.0 cm³/mol. The highest BCUT2D eigenvalue weighted by atomic mass is 32.2. The normalized spacial score (nSPS) is 18.0. The molecular formula is C12H11FO4S. The number of carboxylic acid groups (broad SMARTS) is 1. The molecule has 6 heteroatoms. The van der Waals surface area contributed by atoms with E-state index in [1.54, 1.807) is 0 Å². The highest BCUT2D eigenvalue weighted by Crippen LogP contribution is 2.36. The van der Waals surface area contributed by atoms with Crippen molar-refractivity contribution in [1.82, 2.24) is 0 Å². The first kappa shape index (κ1) is 12.8. The Hall–Kier alpha value is -1.69. The second-order valence-electron chi connectivity index (χ2n) is 4.24. The van der Waals surface area contributed by atoms with E-state index in [0.29, 0.717) is 5.56 Å². The van der Waals surface area contributed by atoms with Crippen LogP contribution >= 0.6 is 0 Å². The van der Waals surface area contributed by atoms with E-state index >= 15 is 0 Å². The summed E-state index contributed by atoms with van der Waals surface area (Å²) < 4.78 is 37.2. The Morgan fingerprint density at radius 1 is 1.44 bits per heavy atom. The third-order valence-corrected chi connectivity index (χ3v) is 4.76. The minimum atomic E-state index is -3.74. The van der Waals surface area contributed by atoms with Gasteiger partial charge in [-0.1, -0.05) is 13.0 Å². The summed E-state index contributed by atoms with van der Waals surface area (Å²) in [5, 5.41) is 8.79. The van der Waals surface area contributed by atoms with E-state index in [2.05, 4.69) is 0 Å². The summed E-state index contributed by atoms with van der Waals surface area (Å²) in [5.74, 6) is -2.49. The highest BCUT2D eigenvalue weighted by Gasteiger charge is 2.31. The molecule has 1 aromatic carbocycles. The number of halogens is 1. The summed E-state index contributed by atoms with van der Waals surface area (Å²) in [5.41, 5.74) is 0.406. The van der Waals surface area contributed by atoms with Crippen LogP contribution in [0.1, 0.15) is 18.9 Å². The van der Waals surface area contributed by atoms with Crippen molar-refractivity contribution in [2.75, 3.05) is 0 Å². The lowest BCUT2D eigenvalue weighted by Crippen LogP contribution is -2.12. The maximum absolute atomic E-state index is 13.0. The van der Waals surface area contributed by atoms with Crippen LogP contribution in [0.5, 0.6) is 0 Å². The molecule has 1 N–H and O–H groups in total. The van der Waals surface area contributed by atoms with Gasteiger partial charge in [-0.25, -0.2) is 12.8 Å². The van der Waals surface area contributed by atoms with Crippen molar-refractivity contribution in [1.29, 1.82) is 0 Å². The highest BCUT2D eigenvalue weighted by molar-refractivity contribution is 7.95. The first-order valence-electron chi connectivity index (χ1n) is 5.30. The molecule has 1 aliphatic heterocycles. The number of carbonyl (C=O) groups is 1. The number of hydrogen-bond acceptors (Lipinski definition) is 3. The first-order valence-corrected chi connectivity index (χ1v) is 6.78. The molecule has 0 bridgehead atoms. The topological polar surface area (TPSA) is 71.4 Å². The molecule has 1 unspecified atom stereocenters. The summed E-state index contributed by atoms with van der Waals surface area (Å²) >= 11 is 0. The lowest BCUT2D eigenvalue weighted by Gasteiger charge is -2.07. The van der Waals surface area contributed by atoms with Crippen molar-refractivity contribution in [2.24, 2.45) is 5.92 Å². The quantitative estimate of drug-likeness (QED) is 0.912. The molecular weight excluding hydrogens is 259 g/mol. The van der Waals surface area contributed by atoms with Gasteiger partial charge in [0.05, 0.1) is 15.7 Å². The molecule has 4 nitrogen and oxygen atoms in total. The van der Waals surface area contributed by atoms with Gasteiger partial charge in [0, 0.05) is 0 Å². The molecule has 0 radical (unpaired) electrons. The minimum Gasteiger partial charge on any atom is -0.481 e. The predicted octanol–water partition coefficient (Wildman–Crippen LogP) is 2.06. The van der Waals surface area contributed by atoms with E-state index in [1.807, 2.05) is 0 Å². The van der Waals surface area contributed by atoms with Gasteiger partial charge < -0.3 is 5.11 Å². The zero-order chi connectivity index (χ0) is 13.5. The van der Waals surface area contributed by atoms with Crippen molar-refractivity contribution < 1.29 is 22.7 Å². The molecule has 0 saturated carbocycles. The maximum atomic E-state index is 13.0. The zero-order valence-electron chi connectivity index (χ0n) is 9.55. The van der Waals surface area contributed by atoms with Crippen LogP contribution < -0.4 is 0 Å². The van der Waals surface area contributed by atoms with Crippen LogP contribution in [0.25, 0.3) is 6.08 Å². The third-order valence-electron chi connectivity index (χ3n) is 2.86. The first-order chi connectivity index (χ1) is 8.32. The number of allylic oxidation sites excluding steroid dienone is 1. The van der Waals surface area contributed by atoms with Crippen molar-refractivity contribution in [3.63, 3.8) is 0 Å². The molecule has 1 aliphatic rings.